The van der Waals surface area contributed by atoms with Crippen LogP contribution >= 0.6 is 11.9 Å². The van der Waals surface area contributed by atoms with E-state index in [-0.39, 0.29) is 17.4 Å². The monoisotopic (exact) mass is 380 g/mol. The van der Waals surface area contributed by atoms with E-state index in [9.17, 15) is 4.79 Å². The van der Waals surface area contributed by atoms with E-state index in [2.05, 4.69) is 60.7 Å². The van der Waals surface area contributed by atoms with E-state index in [0.717, 1.165) is 38.3 Å². The van der Waals surface area contributed by atoms with Crippen molar-refractivity contribution in [1.29, 1.82) is 0 Å². The highest BCUT2D eigenvalue weighted by molar-refractivity contribution is 8.01. The van der Waals surface area contributed by atoms with Crippen LogP contribution < -0.4 is 15.4 Å². The Morgan fingerprint density at radius 3 is 2.81 bits per heavy atom. The van der Waals surface area contributed by atoms with Gasteiger partial charge >= 0.3 is 0 Å². The van der Waals surface area contributed by atoms with Crippen molar-refractivity contribution in [3.05, 3.63) is 64.5 Å². The molecule has 2 aromatic rings. The highest BCUT2D eigenvalue weighted by atomic mass is 32.2. The Bertz CT molecular complexity index is 1020. The Kier molecular flexibility index (Phi) is 4.20. The standard InChI is InChI=1S/C21H24N4OS/c1-11-14(10-23-20-18(11)12(2)25-27-20)19(26)24-17-9-16-13(6-7-22-16)8-15(17)21(3,4)5/h6-10,12,22-23,25H,1H2,2-5H3,(H,24,26). The van der Waals surface area contributed by atoms with Crippen molar-refractivity contribution in [2.24, 2.45) is 0 Å². The van der Waals surface area contributed by atoms with Gasteiger partial charge in [0.2, 0.25) is 0 Å². The fraction of sp³-hybridized carbons (Fsp3) is 0.286. The number of H-pyrrole nitrogens is 1. The highest BCUT2D eigenvalue weighted by Crippen LogP contribution is 2.38. The van der Waals surface area contributed by atoms with Crippen molar-refractivity contribution >= 4 is 34.4 Å². The van der Waals surface area contributed by atoms with Gasteiger partial charge in [-0.25, -0.2) is 0 Å². The molecule has 5 nitrogen and oxygen atoms in total. The number of aromatic amines is 1. The minimum absolute atomic E-state index is 0.0967. The first-order valence-electron chi connectivity index (χ1n) is 9.01. The average Bonchev–Trinajstić information content (AvgIpc) is 3.20. The number of aromatic nitrogens is 1. The molecular formula is C21H24N4OS. The van der Waals surface area contributed by atoms with Gasteiger partial charge in [-0.3, -0.25) is 9.52 Å². The number of anilines is 1. The SMILES string of the molecule is C=C1C(C(=O)Nc2cc3[nH]ccc3cc2C(C)(C)C)=CNC2=C1C(C)NS2. The molecular weight excluding hydrogens is 356 g/mol. The van der Waals surface area contributed by atoms with Crippen molar-refractivity contribution in [1.82, 2.24) is 15.0 Å². The van der Waals surface area contributed by atoms with Crippen LogP contribution in [0.15, 0.2) is 58.9 Å². The molecule has 0 radical (unpaired) electrons. The smallest absolute Gasteiger partial charge is 0.257 e. The molecule has 0 saturated heterocycles. The van der Waals surface area contributed by atoms with Crippen molar-refractivity contribution in [2.45, 2.75) is 39.2 Å². The van der Waals surface area contributed by atoms with E-state index in [4.69, 9.17) is 0 Å². The molecule has 0 spiro atoms. The first-order chi connectivity index (χ1) is 12.8. The van der Waals surface area contributed by atoms with Crippen LogP contribution in [0, 0.1) is 0 Å². The maximum atomic E-state index is 13.1. The number of carbonyl (C=O) groups excluding carboxylic acids is 1. The van der Waals surface area contributed by atoms with Gasteiger partial charge in [-0.15, -0.1) is 0 Å². The molecule has 1 aromatic carbocycles. The first-order valence-corrected chi connectivity index (χ1v) is 9.83. The molecule has 0 aliphatic carbocycles. The number of benzene rings is 1. The molecule has 0 bridgehead atoms. The Balaban J connectivity index is 1.66. The van der Waals surface area contributed by atoms with E-state index >= 15 is 0 Å². The maximum Gasteiger partial charge on any atom is 0.257 e. The Morgan fingerprint density at radius 2 is 2.07 bits per heavy atom. The molecule has 4 rings (SSSR count). The summed E-state index contributed by atoms with van der Waals surface area (Å²) in [6, 6.07) is 6.35. The van der Waals surface area contributed by atoms with Crippen LogP contribution in [-0.2, 0) is 10.2 Å². The summed E-state index contributed by atoms with van der Waals surface area (Å²) in [5, 5.41) is 8.49. The highest BCUT2D eigenvalue weighted by Gasteiger charge is 2.31. The second-order valence-corrected chi connectivity index (χ2v) is 8.88. The van der Waals surface area contributed by atoms with Gasteiger partial charge in [-0.1, -0.05) is 27.4 Å². The van der Waals surface area contributed by atoms with Crippen LogP contribution in [0.25, 0.3) is 10.9 Å². The number of amides is 1. The second-order valence-electron chi connectivity index (χ2n) is 8.03. The van der Waals surface area contributed by atoms with Gasteiger partial charge in [-0.2, -0.15) is 0 Å². The predicted octanol–water partition coefficient (Wildman–Crippen LogP) is 4.30. The van der Waals surface area contributed by atoms with Crippen LogP contribution in [0.3, 0.4) is 0 Å². The summed E-state index contributed by atoms with van der Waals surface area (Å²) in [7, 11) is 0. The van der Waals surface area contributed by atoms with Gasteiger partial charge in [-0.05, 0) is 59.0 Å². The van der Waals surface area contributed by atoms with Crippen LogP contribution in [-0.4, -0.2) is 16.9 Å². The molecule has 27 heavy (non-hydrogen) atoms. The quantitative estimate of drug-likeness (QED) is 0.587. The maximum absolute atomic E-state index is 13.1. The van der Waals surface area contributed by atoms with E-state index in [0.29, 0.717) is 5.57 Å². The first kappa shape index (κ1) is 17.9. The largest absolute Gasteiger partial charge is 0.361 e. The predicted molar refractivity (Wildman–Crippen MR) is 113 cm³/mol. The number of fused-ring (bicyclic) bond motifs is 1. The fourth-order valence-corrected chi connectivity index (χ4v) is 4.49. The third-order valence-corrected chi connectivity index (χ3v) is 6.02. The van der Waals surface area contributed by atoms with Crippen molar-refractivity contribution in [2.75, 3.05) is 5.32 Å². The molecule has 140 valence electrons. The molecule has 1 atom stereocenters. The topological polar surface area (TPSA) is 69.0 Å². The molecule has 4 N–H and O–H groups in total. The van der Waals surface area contributed by atoms with Crippen LogP contribution in [0.1, 0.15) is 33.3 Å². The van der Waals surface area contributed by atoms with E-state index in [1.807, 2.05) is 18.3 Å². The summed E-state index contributed by atoms with van der Waals surface area (Å²) >= 11 is 1.54. The zero-order valence-corrected chi connectivity index (χ0v) is 16.8. The number of dihydropyridines is 1. The molecule has 1 amide bonds. The van der Waals surface area contributed by atoms with Gasteiger partial charge in [0.1, 0.15) is 0 Å². The Hall–Kier alpha value is -2.44. The molecule has 1 aromatic heterocycles. The molecule has 6 heteroatoms. The zero-order valence-electron chi connectivity index (χ0n) is 16.0. The summed E-state index contributed by atoms with van der Waals surface area (Å²) in [5.41, 5.74) is 5.22. The lowest BCUT2D eigenvalue weighted by molar-refractivity contribution is -0.112. The summed E-state index contributed by atoms with van der Waals surface area (Å²) < 4.78 is 3.30. The third-order valence-electron chi connectivity index (χ3n) is 5.01. The van der Waals surface area contributed by atoms with Crippen molar-refractivity contribution < 1.29 is 4.79 Å². The normalized spacial score (nSPS) is 19.8. The van der Waals surface area contributed by atoms with Crippen LogP contribution in [0.4, 0.5) is 5.69 Å². The number of rotatable bonds is 2. The molecule has 1 unspecified atom stereocenters. The van der Waals surface area contributed by atoms with Gasteiger partial charge in [0.15, 0.2) is 0 Å². The number of nitrogens with one attached hydrogen (secondary N) is 4. The fourth-order valence-electron chi connectivity index (χ4n) is 3.55. The summed E-state index contributed by atoms with van der Waals surface area (Å²) in [5.74, 6) is -0.153. The number of carbonyl (C=O) groups is 1. The minimum Gasteiger partial charge on any atom is -0.361 e. The molecule has 0 saturated carbocycles. The Morgan fingerprint density at radius 1 is 1.30 bits per heavy atom. The van der Waals surface area contributed by atoms with Gasteiger partial charge in [0, 0.05) is 35.2 Å². The van der Waals surface area contributed by atoms with Gasteiger partial charge < -0.3 is 15.6 Å². The number of hydrogen-bond donors (Lipinski definition) is 4. The lowest BCUT2D eigenvalue weighted by Gasteiger charge is -2.25. The molecule has 2 aliphatic rings. The lowest BCUT2D eigenvalue weighted by atomic mass is 9.85. The third kappa shape index (κ3) is 3.09. The van der Waals surface area contributed by atoms with E-state index in [1.54, 1.807) is 18.1 Å². The average molecular weight is 381 g/mol. The Labute approximate surface area is 163 Å². The molecule has 2 aliphatic heterocycles. The summed E-state index contributed by atoms with van der Waals surface area (Å²) in [4.78, 5) is 16.3. The molecule has 0 fully saturated rings. The van der Waals surface area contributed by atoms with Gasteiger partial charge in [0.05, 0.1) is 10.6 Å². The van der Waals surface area contributed by atoms with E-state index < -0.39 is 0 Å². The lowest BCUT2D eigenvalue weighted by Crippen LogP contribution is -2.26. The second kappa shape index (κ2) is 6.32. The van der Waals surface area contributed by atoms with E-state index in [1.165, 1.54) is 0 Å². The zero-order chi connectivity index (χ0) is 19.3. The van der Waals surface area contributed by atoms with Crippen molar-refractivity contribution in [3.63, 3.8) is 0 Å². The summed E-state index contributed by atoms with van der Waals surface area (Å²) in [6.45, 7) is 12.7. The molecule has 3 heterocycles. The van der Waals surface area contributed by atoms with Gasteiger partial charge in [0.25, 0.3) is 5.91 Å². The van der Waals surface area contributed by atoms with Crippen LogP contribution in [0.5, 0.6) is 0 Å². The van der Waals surface area contributed by atoms with Crippen molar-refractivity contribution in [3.8, 4) is 0 Å². The number of hydrogen-bond acceptors (Lipinski definition) is 4. The minimum atomic E-state index is -0.153. The van der Waals surface area contributed by atoms with Crippen LogP contribution in [0.2, 0.25) is 0 Å². The summed E-state index contributed by atoms with van der Waals surface area (Å²) in [6.07, 6.45) is 3.66.